The van der Waals surface area contributed by atoms with Crippen LogP contribution in [0.2, 0.25) is 0 Å². The second-order valence-electron chi connectivity index (χ2n) is 6.89. The first kappa shape index (κ1) is 19.1. The summed E-state index contributed by atoms with van der Waals surface area (Å²) in [6.07, 6.45) is 0. The van der Waals surface area contributed by atoms with Crippen molar-refractivity contribution in [3.63, 3.8) is 0 Å². The maximum absolute atomic E-state index is 11.9. The first-order chi connectivity index (χ1) is 15.1. The van der Waals surface area contributed by atoms with E-state index in [1.54, 1.807) is 36.4 Å². The minimum Gasteiger partial charge on any atom is -0.478 e. The molecule has 2 aliphatic heterocycles. The van der Waals surface area contributed by atoms with Crippen molar-refractivity contribution in [2.45, 2.75) is 0 Å². The van der Waals surface area contributed by atoms with Crippen LogP contribution < -0.4 is 23.7 Å². The SMILES string of the molecule is COCOc1c(-c2ccc3c(c2)OCO3)cc(C(=O)O)cc1-c1ccc2c(c1)OCO2. The van der Waals surface area contributed by atoms with Crippen molar-refractivity contribution in [1.29, 1.82) is 0 Å². The molecule has 0 aliphatic carbocycles. The number of carbonyl (C=O) groups is 1. The molecule has 1 N–H and O–H groups in total. The molecule has 0 atom stereocenters. The predicted octanol–water partition coefficient (Wildman–Crippen LogP) is 4.16. The van der Waals surface area contributed by atoms with E-state index in [4.69, 9.17) is 28.4 Å². The summed E-state index contributed by atoms with van der Waals surface area (Å²) in [5.74, 6) is 1.86. The highest BCUT2D eigenvalue weighted by molar-refractivity contribution is 5.95. The Kier molecular flexibility index (Phi) is 4.76. The second kappa shape index (κ2) is 7.73. The van der Waals surface area contributed by atoms with Crippen LogP contribution in [0, 0.1) is 0 Å². The molecular formula is C23H18O8. The van der Waals surface area contributed by atoms with Gasteiger partial charge in [0.15, 0.2) is 29.8 Å². The Morgan fingerprint density at radius 2 is 1.35 bits per heavy atom. The number of hydrogen-bond acceptors (Lipinski definition) is 7. The Morgan fingerprint density at radius 1 is 0.839 bits per heavy atom. The summed E-state index contributed by atoms with van der Waals surface area (Å²) in [7, 11) is 1.52. The van der Waals surface area contributed by atoms with E-state index >= 15 is 0 Å². The Labute approximate surface area is 177 Å². The number of ether oxygens (including phenoxy) is 6. The number of rotatable bonds is 6. The first-order valence-corrected chi connectivity index (χ1v) is 9.47. The minimum atomic E-state index is -1.05. The quantitative estimate of drug-likeness (QED) is 0.592. The van der Waals surface area contributed by atoms with Crippen molar-refractivity contribution < 1.29 is 38.3 Å². The highest BCUT2D eigenvalue weighted by Crippen LogP contribution is 2.45. The van der Waals surface area contributed by atoms with Gasteiger partial charge in [-0.15, -0.1) is 0 Å². The highest BCUT2D eigenvalue weighted by atomic mass is 16.7. The van der Waals surface area contributed by atoms with Crippen molar-refractivity contribution in [3.8, 4) is 51.0 Å². The van der Waals surface area contributed by atoms with Gasteiger partial charge in [-0.3, -0.25) is 0 Å². The molecule has 31 heavy (non-hydrogen) atoms. The Balaban J connectivity index is 1.72. The maximum atomic E-state index is 11.9. The van der Waals surface area contributed by atoms with E-state index in [1.807, 2.05) is 12.1 Å². The van der Waals surface area contributed by atoms with E-state index in [0.29, 0.717) is 39.9 Å². The van der Waals surface area contributed by atoms with E-state index in [-0.39, 0.29) is 25.9 Å². The van der Waals surface area contributed by atoms with Crippen LogP contribution in [0.25, 0.3) is 22.3 Å². The summed E-state index contributed by atoms with van der Waals surface area (Å²) in [6.45, 7) is 0.272. The molecule has 0 amide bonds. The molecule has 0 spiro atoms. The van der Waals surface area contributed by atoms with Crippen molar-refractivity contribution in [2.75, 3.05) is 27.5 Å². The van der Waals surface area contributed by atoms with Crippen LogP contribution in [-0.2, 0) is 4.74 Å². The topological polar surface area (TPSA) is 92.7 Å². The number of fused-ring (bicyclic) bond motifs is 2. The predicted molar refractivity (Wildman–Crippen MR) is 109 cm³/mol. The second-order valence-corrected chi connectivity index (χ2v) is 6.89. The molecule has 0 saturated heterocycles. The van der Waals surface area contributed by atoms with Gasteiger partial charge in [0.2, 0.25) is 13.6 Å². The molecule has 2 aliphatic rings. The number of carboxylic acid groups (broad SMARTS) is 1. The molecule has 8 nitrogen and oxygen atoms in total. The smallest absolute Gasteiger partial charge is 0.335 e. The summed E-state index contributed by atoms with van der Waals surface area (Å²) < 4.78 is 32.8. The molecule has 2 heterocycles. The summed E-state index contributed by atoms with van der Waals surface area (Å²) >= 11 is 0. The lowest BCUT2D eigenvalue weighted by molar-refractivity contribution is 0.0519. The van der Waals surface area contributed by atoms with Crippen molar-refractivity contribution >= 4 is 5.97 Å². The monoisotopic (exact) mass is 422 g/mol. The lowest BCUT2D eigenvalue weighted by Gasteiger charge is -2.18. The number of hydrogen-bond donors (Lipinski definition) is 1. The summed E-state index contributed by atoms with van der Waals surface area (Å²) in [4.78, 5) is 11.9. The van der Waals surface area contributed by atoms with Gasteiger partial charge in [0, 0.05) is 18.2 Å². The van der Waals surface area contributed by atoms with Crippen LogP contribution in [0.1, 0.15) is 10.4 Å². The fourth-order valence-corrected chi connectivity index (χ4v) is 3.58. The molecule has 3 aromatic rings. The molecule has 0 fully saturated rings. The van der Waals surface area contributed by atoms with Crippen LogP contribution in [0.15, 0.2) is 48.5 Å². The van der Waals surface area contributed by atoms with Crippen LogP contribution >= 0.6 is 0 Å². The van der Waals surface area contributed by atoms with E-state index < -0.39 is 5.97 Å². The lowest BCUT2D eigenvalue weighted by Crippen LogP contribution is -2.05. The standard InChI is InChI=1S/C23H18O8/c1-26-10-31-22-16(13-2-4-18-20(8-13)29-11-27-18)6-15(23(24)25)7-17(22)14-3-5-19-21(9-14)30-12-28-19/h2-9H,10-12H2,1H3,(H,24,25). The first-order valence-electron chi connectivity index (χ1n) is 9.47. The van der Waals surface area contributed by atoms with Gasteiger partial charge in [0.05, 0.1) is 5.56 Å². The van der Waals surface area contributed by atoms with Gasteiger partial charge in [-0.2, -0.15) is 0 Å². The molecule has 0 bridgehead atoms. The Hall–Kier alpha value is -3.91. The van der Waals surface area contributed by atoms with E-state index in [2.05, 4.69) is 0 Å². The summed E-state index contributed by atoms with van der Waals surface area (Å²) in [5, 5.41) is 9.75. The molecule has 0 radical (unpaired) electrons. The third kappa shape index (κ3) is 3.47. The zero-order valence-electron chi connectivity index (χ0n) is 16.5. The molecule has 0 saturated carbocycles. The molecular weight excluding hydrogens is 404 g/mol. The van der Waals surface area contributed by atoms with Crippen molar-refractivity contribution in [3.05, 3.63) is 54.1 Å². The van der Waals surface area contributed by atoms with E-state index in [0.717, 1.165) is 11.1 Å². The zero-order valence-corrected chi connectivity index (χ0v) is 16.5. The Morgan fingerprint density at radius 3 is 1.84 bits per heavy atom. The normalized spacial score (nSPS) is 13.3. The van der Waals surface area contributed by atoms with Crippen LogP contribution in [0.3, 0.4) is 0 Å². The molecule has 5 rings (SSSR count). The average Bonchev–Trinajstić information content (AvgIpc) is 3.45. The lowest BCUT2D eigenvalue weighted by atomic mass is 9.94. The number of aromatic carboxylic acids is 1. The van der Waals surface area contributed by atoms with E-state index in [9.17, 15) is 9.90 Å². The maximum Gasteiger partial charge on any atom is 0.335 e. The molecule has 0 unspecified atom stereocenters. The van der Waals surface area contributed by atoms with Gasteiger partial charge in [-0.25, -0.2) is 4.79 Å². The van der Waals surface area contributed by atoms with Gasteiger partial charge in [0.1, 0.15) is 5.75 Å². The van der Waals surface area contributed by atoms with Crippen molar-refractivity contribution in [2.24, 2.45) is 0 Å². The largest absolute Gasteiger partial charge is 0.478 e. The van der Waals surface area contributed by atoms with Crippen LogP contribution in [0.5, 0.6) is 28.7 Å². The summed E-state index contributed by atoms with van der Waals surface area (Å²) in [6, 6.07) is 14.0. The van der Waals surface area contributed by atoms with Gasteiger partial charge < -0.3 is 33.5 Å². The summed E-state index contributed by atoms with van der Waals surface area (Å²) in [5.41, 5.74) is 2.73. The van der Waals surface area contributed by atoms with E-state index in [1.165, 1.54) is 7.11 Å². The fourth-order valence-electron chi connectivity index (χ4n) is 3.58. The highest BCUT2D eigenvalue weighted by Gasteiger charge is 2.23. The van der Waals surface area contributed by atoms with Gasteiger partial charge >= 0.3 is 5.97 Å². The number of carboxylic acids is 1. The van der Waals surface area contributed by atoms with Crippen molar-refractivity contribution in [1.82, 2.24) is 0 Å². The third-order valence-electron chi connectivity index (χ3n) is 5.02. The van der Waals surface area contributed by atoms with Gasteiger partial charge in [-0.1, -0.05) is 12.1 Å². The minimum absolute atomic E-state index is 0.0124. The van der Waals surface area contributed by atoms with Gasteiger partial charge in [0.25, 0.3) is 0 Å². The average molecular weight is 422 g/mol. The molecule has 3 aromatic carbocycles. The molecule has 8 heteroatoms. The number of methoxy groups -OCH3 is 1. The zero-order chi connectivity index (χ0) is 21.4. The third-order valence-corrected chi connectivity index (χ3v) is 5.02. The Bertz CT molecular complexity index is 1090. The van der Waals surface area contributed by atoms with Gasteiger partial charge in [-0.05, 0) is 47.5 Å². The number of benzene rings is 3. The molecule has 158 valence electrons. The van der Waals surface area contributed by atoms with Crippen LogP contribution in [-0.4, -0.2) is 38.6 Å². The van der Waals surface area contributed by atoms with Crippen LogP contribution in [0.4, 0.5) is 0 Å². The molecule has 0 aromatic heterocycles. The fraction of sp³-hybridized carbons (Fsp3) is 0.174.